The number of likely N-dealkylation sites (tertiary alicyclic amines) is 1. The van der Waals surface area contributed by atoms with Crippen molar-refractivity contribution in [3.8, 4) is 17.2 Å². The molecule has 1 amide bonds. The van der Waals surface area contributed by atoms with Gasteiger partial charge in [0.2, 0.25) is 0 Å². The molecule has 0 saturated carbocycles. The maximum Gasteiger partial charge on any atom is 0.410 e. The molecule has 7 rings (SSSR count). The Morgan fingerprint density at radius 1 is 1.14 bits per heavy atom. The number of amides is 1. The van der Waals surface area contributed by atoms with Crippen LogP contribution < -0.4 is 4.90 Å². The number of ether oxygens (including phenoxy) is 2. The molecule has 2 aromatic carbocycles. The van der Waals surface area contributed by atoms with Crippen molar-refractivity contribution < 1.29 is 14.3 Å². The Morgan fingerprint density at radius 3 is 2.68 bits per heavy atom. The van der Waals surface area contributed by atoms with E-state index in [1.807, 2.05) is 43.8 Å². The predicted molar refractivity (Wildman–Crippen MR) is 174 cm³/mol. The van der Waals surface area contributed by atoms with Crippen LogP contribution in [0.4, 0.5) is 10.6 Å². The Hall–Kier alpha value is -3.68. The molecule has 5 heterocycles. The summed E-state index contributed by atoms with van der Waals surface area (Å²) >= 11 is 3.64. The van der Waals surface area contributed by atoms with Crippen LogP contribution in [-0.2, 0) is 9.47 Å². The number of aryl methyl sites for hydroxylation is 1. The topological polar surface area (TPSA) is 96.5 Å². The van der Waals surface area contributed by atoms with Crippen molar-refractivity contribution in [1.29, 1.82) is 5.26 Å². The molecule has 3 aliphatic heterocycles. The van der Waals surface area contributed by atoms with E-state index in [-0.39, 0.29) is 17.7 Å². The number of fused-ring (bicyclic) bond motifs is 2. The maximum absolute atomic E-state index is 12.7. The fourth-order valence-corrected chi connectivity index (χ4v) is 7.47. The van der Waals surface area contributed by atoms with E-state index in [1.54, 1.807) is 4.90 Å². The van der Waals surface area contributed by atoms with Crippen LogP contribution in [0.1, 0.15) is 63.8 Å². The number of aromatic nitrogens is 3. The number of benzene rings is 2. The first-order valence-corrected chi connectivity index (χ1v) is 16.2. The lowest BCUT2D eigenvalue weighted by molar-refractivity contribution is -0.0366. The van der Waals surface area contributed by atoms with Gasteiger partial charge in [0.1, 0.15) is 23.1 Å². The van der Waals surface area contributed by atoms with Crippen LogP contribution in [0.25, 0.3) is 32.9 Å². The summed E-state index contributed by atoms with van der Waals surface area (Å²) in [5.41, 5.74) is 4.80. The van der Waals surface area contributed by atoms with Crippen LogP contribution in [0.15, 0.2) is 41.0 Å². The summed E-state index contributed by atoms with van der Waals surface area (Å²) in [6.07, 6.45) is 5.61. The van der Waals surface area contributed by atoms with Crippen LogP contribution in [0, 0.1) is 23.7 Å². The van der Waals surface area contributed by atoms with Gasteiger partial charge in [0, 0.05) is 59.0 Å². The van der Waals surface area contributed by atoms with Gasteiger partial charge in [0.25, 0.3) is 0 Å². The second kappa shape index (κ2) is 10.7. The van der Waals surface area contributed by atoms with Gasteiger partial charge in [-0.15, -0.1) is 0 Å². The molecule has 3 aliphatic rings. The summed E-state index contributed by atoms with van der Waals surface area (Å²) in [5.74, 6) is 0.695. The summed E-state index contributed by atoms with van der Waals surface area (Å²) in [4.78, 5) is 21.8. The highest BCUT2D eigenvalue weighted by Crippen LogP contribution is 2.46. The van der Waals surface area contributed by atoms with Gasteiger partial charge in [0.05, 0.1) is 17.2 Å². The summed E-state index contributed by atoms with van der Waals surface area (Å²) < 4.78 is 14.6. The van der Waals surface area contributed by atoms with E-state index in [2.05, 4.69) is 52.0 Å². The Morgan fingerprint density at radius 2 is 1.95 bits per heavy atom. The highest BCUT2D eigenvalue weighted by Gasteiger charge is 2.51. The van der Waals surface area contributed by atoms with Crippen molar-refractivity contribution in [2.45, 2.75) is 65.2 Å². The monoisotopic (exact) mass is 656 g/mol. The van der Waals surface area contributed by atoms with E-state index in [0.717, 1.165) is 88.3 Å². The number of carbonyl (C=O) groups is 1. The number of hydrogen-bond donors (Lipinski definition) is 0. The second-order valence-corrected chi connectivity index (χ2v) is 14.5. The van der Waals surface area contributed by atoms with Crippen LogP contribution >= 0.6 is 15.9 Å². The zero-order valence-electron chi connectivity index (χ0n) is 25.7. The van der Waals surface area contributed by atoms with E-state index in [0.29, 0.717) is 24.5 Å². The first kappa shape index (κ1) is 29.1. The normalized spacial score (nSPS) is 19.9. The standard InChI is InChI=1S/C34H37BrN6O3/c1-21-8-11-27-25(17-37-41(27)28-7-5-6-14-43-28)29(21)30-23-10-9-22(35)15-26(23)38-31(24(30)16-36)39-13-12-34(18-39)19-40(20-34)32(42)44-33(2,3)4/h8-11,15,17,28H,5-7,12-14,18-20H2,1-4H3. The molecular formula is C34H37BrN6O3. The molecule has 10 heteroatoms. The molecule has 0 bridgehead atoms. The molecule has 2 aromatic heterocycles. The molecule has 4 aromatic rings. The minimum atomic E-state index is -0.524. The van der Waals surface area contributed by atoms with Gasteiger partial charge in [0.15, 0.2) is 6.23 Å². The molecule has 228 valence electrons. The van der Waals surface area contributed by atoms with Crippen LogP contribution in [0.3, 0.4) is 0 Å². The van der Waals surface area contributed by atoms with Crippen molar-refractivity contribution in [3.05, 3.63) is 52.1 Å². The smallest absolute Gasteiger partial charge is 0.410 e. The van der Waals surface area contributed by atoms with E-state index in [1.165, 1.54) is 0 Å². The van der Waals surface area contributed by atoms with E-state index >= 15 is 0 Å². The van der Waals surface area contributed by atoms with E-state index in [4.69, 9.17) is 19.6 Å². The lowest BCUT2D eigenvalue weighted by Gasteiger charge is -2.47. The quantitative estimate of drug-likeness (QED) is 0.228. The van der Waals surface area contributed by atoms with Gasteiger partial charge in [-0.05, 0) is 82.7 Å². The summed E-state index contributed by atoms with van der Waals surface area (Å²) in [6, 6.07) is 12.9. The number of hydrogen-bond acceptors (Lipinski definition) is 7. The third-order valence-electron chi connectivity index (χ3n) is 9.15. The van der Waals surface area contributed by atoms with Crippen molar-refractivity contribution >= 4 is 49.6 Å². The van der Waals surface area contributed by atoms with E-state index < -0.39 is 5.60 Å². The highest BCUT2D eigenvalue weighted by atomic mass is 79.9. The Balaban J connectivity index is 1.31. The van der Waals surface area contributed by atoms with Crippen LogP contribution in [0.5, 0.6) is 0 Å². The summed E-state index contributed by atoms with van der Waals surface area (Å²) in [7, 11) is 0. The third-order valence-corrected chi connectivity index (χ3v) is 9.64. The lowest BCUT2D eigenvalue weighted by Crippen LogP contribution is -2.60. The zero-order valence-corrected chi connectivity index (χ0v) is 27.3. The average Bonchev–Trinajstić information content (AvgIpc) is 3.60. The van der Waals surface area contributed by atoms with Gasteiger partial charge in [-0.1, -0.05) is 28.1 Å². The van der Waals surface area contributed by atoms with Gasteiger partial charge in [-0.3, -0.25) is 0 Å². The number of anilines is 1. The number of nitriles is 1. The van der Waals surface area contributed by atoms with Crippen molar-refractivity contribution in [3.63, 3.8) is 0 Å². The molecule has 0 aliphatic carbocycles. The molecule has 1 atom stereocenters. The third kappa shape index (κ3) is 5.00. The first-order chi connectivity index (χ1) is 21.1. The molecule has 44 heavy (non-hydrogen) atoms. The molecular weight excluding hydrogens is 620 g/mol. The van der Waals surface area contributed by atoms with Gasteiger partial charge >= 0.3 is 6.09 Å². The zero-order chi connectivity index (χ0) is 30.8. The minimum absolute atomic E-state index is 0.0330. The van der Waals surface area contributed by atoms with Crippen molar-refractivity contribution in [1.82, 2.24) is 19.7 Å². The van der Waals surface area contributed by atoms with Crippen LogP contribution in [0.2, 0.25) is 0 Å². The average molecular weight is 658 g/mol. The van der Waals surface area contributed by atoms with Gasteiger partial charge in [-0.25, -0.2) is 14.5 Å². The Labute approximate surface area is 265 Å². The Kier molecular flexibility index (Phi) is 7.09. The molecule has 0 N–H and O–H groups in total. The Bertz CT molecular complexity index is 1830. The molecule has 0 radical (unpaired) electrons. The largest absolute Gasteiger partial charge is 0.444 e. The summed E-state index contributed by atoms with van der Waals surface area (Å²) in [6.45, 7) is 11.3. The minimum Gasteiger partial charge on any atom is -0.444 e. The number of carbonyl (C=O) groups excluding carboxylic acids is 1. The lowest BCUT2D eigenvalue weighted by atomic mass is 9.79. The first-order valence-electron chi connectivity index (χ1n) is 15.4. The van der Waals surface area contributed by atoms with E-state index in [9.17, 15) is 10.1 Å². The fraction of sp³-hybridized carbons (Fsp3) is 0.471. The van der Waals surface area contributed by atoms with Crippen molar-refractivity contribution in [2.24, 2.45) is 5.41 Å². The molecule has 3 fully saturated rings. The number of pyridine rings is 1. The van der Waals surface area contributed by atoms with Crippen molar-refractivity contribution in [2.75, 3.05) is 37.7 Å². The maximum atomic E-state index is 12.7. The molecule has 9 nitrogen and oxygen atoms in total. The SMILES string of the molecule is Cc1ccc2c(cnn2C2CCCCO2)c1-c1c(C#N)c(N2CCC3(CN(C(=O)OC(C)(C)C)C3)C2)nc2cc(Br)ccc12. The number of halogens is 1. The fourth-order valence-electron chi connectivity index (χ4n) is 7.12. The van der Waals surface area contributed by atoms with Crippen LogP contribution in [-0.4, -0.2) is 64.1 Å². The summed E-state index contributed by atoms with van der Waals surface area (Å²) in [5, 5.41) is 17.5. The highest BCUT2D eigenvalue weighted by molar-refractivity contribution is 9.10. The van der Waals surface area contributed by atoms with Gasteiger partial charge in [-0.2, -0.15) is 10.4 Å². The predicted octanol–water partition coefficient (Wildman–Crippen LogP) is 7.34. The number of rotatable bonds is 3. The van der Waals surface area contributed by atoms with Gasteiger partial charge < -0.3 is 19.3 Å². The number of nitrogens with zero attached hydrogens (tertiary/aromatic N) is 6. The molecule has 1 unspecified atom stereocenters. The molecule has 3 saturated heterocycles. The molecule has 1 spiro atoms. The second-order valence-electron chi connectivity index (χ2n) is 13.6.